The molecule has 0 radical (unpaired) electrons. The first-order valence-electron chi connectivity index (χ1n) is 7.94. The van der Waals surface area contributed by atoms with Gasteiger partial charge in [-0.3, -0.25) is 9.78 Å². The van der Waals surface area contributed by atoms with Gasteiger partial charge < -0.3 is 5.32 Å². The van der Waals surface area contributed by atoms with Crippen LogP contribution in [0, 0.1) is 0 Å². The van der Waals surface area contributed by atoms with Crippen molar-refractivity contribution in [2.45, 2.75) is 45.3 Å². The van der Waals surface area contributed by atoms with Gasteiger partial charge in [-0.1, -0.05) is 45.0 Å². The number of carbonyl (C=O) groups is 1. The minimum absolute atomic E-state index is 0.00171. The molecule has 1 aromatic heterocycles. The molecule has 1 amide bonds. The van der Waals surface area contributed by atoms with Gasteiger partial charge in [0.1, 0.15) is 0 Å². The summed E-state index contributed by atoms with van der Waals surface area (Å²) in [6, 6.07) is 8.59. The van der Waals surface area contributed by atoms with Gasteiger partial charge in [-0.15, -0.1) is 0 Å². The van der Waals surface area contributed by atoms with Crippen molar-refractivity contribution in [3.8, 4) is 0 Å². The standard InChI is InChI=1S/C19H21F3N2O/c1-18(2,3)15-7-8-16(23-11-15)12-24-17(25)10-13-5-4-6-14(9-13)19(20,21)22/h4-9,11H,10,12H2,1-3H3,(H,24,25). The molecule has 0 fully saturated rings. The van der Waals surface area contributed by atoms with Crippen molar-refractivity contribution in [3.63, 3.8) is 0 Å². The van der Waals surface area contributed by atoms with Crippen LogP contribution in [0.3, 0.4) is 0 Å². The van der Waals surface area contributed by atoms with Crippen molar-refractivity contribution in [2.24, 2.45) is 0 Å². The Kier molecular flexibility index (Phi) is 5.50. The van der Waals surface area contributed by atoms with Gasteiger partial charge in [0.05, 0.1) is 24.2 Å². The second kappa shape index (κ2) is 7.25. The van der Waals surface area contributed by atoms with Gasteiger partial charge in [-0.2, -0.15) is 13.2 Å². The SMILES string of the molecule is CC(C)(C)c1ccc(CNC(=O)Cc2cccc(C(F)(F)F)c2)nc1. The monoisotopic (exact) mass is 350 g/mol. The Morgan fingerprint density at radius 1 is 1.08 bits per heavy atom. The van der Waals surface area contributed by atoms with Crippen LogP contribution in [0.4, 0.5) is 13.2 Å². The number of amides is 1. The van der Waals surface area contributed by atoms with Crippen LogP contribution in [0.25, 0.3) is 0 Å². The Morgan fingerprint density at radius 3 is 2.36 bits per heavy atom. The first-order chi connectivity index (χ1) is 11.6. The first kappa shape index (κ1) is 19.0. The largest absolute Gasteiger partial charge is 0.416 e. The number of aromatic nitrogens is 1. The molecule has 3 nitrogen and oxygen atoms in total. The molecule has 1 aromatic carbocycles. The fourth-order valence-corrected chi connectivity index (χ4v) is 2.27. The van der Waals surface area contributed by atoms with Crippen LogP contribution >= 0.6 is 0 Å². The lowest BCUT2D eigenvalue weighted by Crippen LogP contribution is -2.25. The molecule has 1 N–H and O–H groups in total. The number of halogens is 3. The van der Waals surface area contributed by atoms with E-state index in [9.17, 15) is 18.0 Å². The Bertz CT molecular complexity index is 732. The summed E-state index contributed by atoms with van der Waals surface area (Å²) in [7, 11) is 0. The summed E-state index contributed by atoms with van der Waals surface area (Å²) in [5, 5.41) is 2.68. The lowest BCUT2D eigenvalue weighted by Gasteiger charge is -2.18. The highest BCUT2D eigenvalue weighted by Crippen LogP contribution is 2.29. The maximum atomic E-state index is 12.7. The zero-order valence-corrected chi connectivity index (χ0v) is 14.4. The average Bonchev–Trinajstić information content (AvgIpc) is 2.52. The van der Waals surface area contributed by atoms with Gasteiger partial charge in [-0.25, -0.2) is 0 Å². The van der Waals surface area contributed by atoms with E-state index in [2.05, 4.69) is 31.1 Å². The Labute approximate surface area is 145 Å². The number of rotatable bonds is 4. The number of alkyl halides is 3. The fourth-order valence-electron chi connectivity index (χ4n) is 2.27. The smallest absolute Gasteiger partial charge is 0.350 e. The second-order valence-corrected chi connectivity index (χ2v) is 6.94. The summed E-state index contributed by atoms with van der Waals surface area (Å²) in [6.45, 7) is 6.49. The third-order valence-electron chi connectivity index (χ3n) is 3.78. The molecule has 0 saturated heterocycles. The van der Waals surface area contributed by atoms with Crippen molar-refractivity contribution < 1.29 is 18.0 Å². The van der Waals surface area contributed by atoms with Crippen LogP contribution in [0.15, 0.2) is 42.6 Å². The highest BCUT2D eigenvalue weighted by molar-refractivity contribution is 5.78. The minimum Gasteiger partial charge on any atom is -0.350 e. The molecule has 0 spiro atoms. The third kappa shape index (κ3) is 5.59. The highest BCUT2D eigenvalue weighted by Gasteiger charge is 2.30. The van der Waals surface area contributed by atoms with Crippen molar-refractivity contribution in [1.82, 2.24) is 10.3 Å². The molecule has 2 rings (SSSR count). The summed E-state index contributed by atoms with van der Waals surface area (Å²) in [6.07, 6.45) is -2.75. The van der Waals surface area contributed by atoms with Crippen LogP contribution < -0.4 is 5.32 Å². The summed E-state index contributed by atoms with van der Waals surface area (Å²) in [5.41, 5.74) is 1.36. The van der Waals surface area contributed by atoms with E-state index in [0.29, 0.717) is 11.3 Å². The van der Waals surface area contributed by atoms with E-state index in [1.165, 1.54) is 12.1 Å². The molecular weight excluding hydrogens is 329 g/mol. The molecule has 0 atom stereocenters. The van der Waals surface area contributed by atoms with Gasteiger partial charge in [0.15, 0.2) is 0 Å². The molecule has 0 saturated carbocycles. The summed E-state index contributed by atoms with van der Waals surface area (Å²) in [5.74, 6) is -0.346. The number of carbonyl (C=O) groups excluding carboxylic acids is 1. The number of hydrogen-bond donors (Lipinski definition) is 1. The molecule has 0 aliphatic carbocycles. The van der Waals surface area contributed by atoms with Crippen molar-refractivity contribution in [2.75, 3.05) is 0 Å². The zero-order chi connectivity index (χ0) is 18.7. The van der Waals surface area contributed by atoms with Crippen LogP contribution in [-0.2, 0) is 29.4 Å². The minimum atomic E-state index is -4.41. The number of pyridine rings is 1. The van der Waals surface area contributed by atoms with E-state index in [-0.39, 0.29) is 24.3 Å². The van der Waals surface area contributed by atoms with Crippen LogP contribution in [-0.4, -0.2) is 10.9 Å². The van der Waals surface area contributed by atoms with Crippen molar-refractivity contribution >= 4 is 5.91 Å². The lowest BCUT2D eigenvalue weighted by molar-refractivity contribution is -0.137. The summed E-state index contributed by atoms with van der Waals surface area (Å²) < 4.78 is 38.0. The predicted molar refractivity (Wildman–Crippen MR) is 89.9 cm³/mol. The molecule has 0 unspecified atom stereocenters. The van der Waals surface area contributed by atoms with Crippen LogP contribution in [0.5, 0.6) is 0 Å². The van der Waals surface area contributed by atoms with Crippen molar-refractivity contribution in [1.29, 1.82) is 0 Å². The summed E-state index contributed by atoms with van der Waals surface area (Å²) >= 11 is 0. The highest BCUT2D eigenvalue weighted by atomic mass is 19.4. The molecule has 2 aromatic rings. The maximum absolute atomic E-state index is 12.7. The molecule has 0 aliphatic heterocycles. The van der Waals surface area contributed by atoms with Crippen LogP contribution in [0.2, 0.25) is 0 Å². The van der Waals surface area contributed by atoms with E-state index in [0.717, 1.165) is 17.7 Å². The molecule has 25 heavy (non-hydrogen) atoms. The molecule has 0 aliphatic rings. The van der Waals surface area contributed by atoms with E-state index >= 15 is 0 Å². The maximum Gasteiger partial charge on any atom is 0.416 e. The van der Waals surface area contributed by atoms with Crippen LogP contribution in [0.1, 0.15) is 43.2 Å². The first-order valence-corrected chi connectivity index (χ1v) is 7.94. The van der Waals surface area contributed by atoms with Gasteiger partial charge in [0, 0.05) is 6.20 Å². The Hall–Kier alpha value is -2.37. The number of hydrogen-bond acceptors (Lipinski definition) is 2. The Morgan fingerprint density at radius 2 is 1.80 bits per heavy atom. The van der Waals surface area contributed by atoms with Gasteiger partial charge >= 0.3 is 6.18 Å². The van der Waals surface area contributed by atoms with E-state index in [4.69, 9.17) is 0 Å². The van der Waals surface area contributed by atoms with E-state index in [1.54, 1.807) is 6.20 Å². The summed E-state index contributed by atoms with van der Waals surface area (Å²) in [4.78, 5) is 16.3. The molecule has 134 valence electrons. The van der Waals surface area contributed by atoms with Gasteiger partial charge in [0.2, 0.25) is 5.91 Å². The Balaban J connectivity index is 1.93. The number of benzene rings is 1. The van der Waals surface area contributed by atoms with E-state index < -0.39 is 11.7 Å². The molecule has 6 heteroatoms. The second-order valence-electron chi connectivity index (χ2n) is 6.94. The molecular formula is C19H21F3N2O. The van der Waals surface area contributed by atoms with Gasteiger partial charge in [0.25, 0.3) is 0 Å². The quantitative estimate of drug-likeness (QED) is 0.895. The van der Waals surface area contributed by atoms with E-state index in [1.807, 2.05) is 12.1 Å². The molecule has 0 bridgehead atoms. The lowest BCUT2D eigenvalue weighted by atomic mass is 9.88. The molecule has 1 heterocycles. The topological polar surface area (TPSA) is 42.0 Å². The fraction of sp³-hybridized carbons (Fsp3) is 0.368. The average molecular weight is 350 g/mol. The zero-order valence-electron chi connectivity index (χ0n) is 14.4. The number of nitrogens with one attached hydrogen (secondary N) is 1. The normalized spacial score (nSPS) is 12.1. The number of nitrogens with zero attached hydrogens (tertiary/aromatic N) is 1. The van der Waals surface area contributed by atoms with Crippen molar-refractivity contribution in [3.05, 3.63) is 65.0 Å². The predicted octanol–water partition coefficient (Wildman–Crippen LogP) is 4.26. The van der Waals surface area contributed by atoms with Gasteiger partial charge in [-0.05, 0) is 28.7 Å². The third-order valence-corrected chi connectivity index (χ3v) is 3.78.